The molecule has 0 aliphatic carbocycles. The van der Waals surface area contributed by atoms with E-state index in [9.17, 15) is 14.4 Å². The van der Waals surface area contributed by atoms with Gasteiger partial charge in [-0.1, -0.05) is 21.1 Å². The quantitative estimate of drug-likeness (QED) is 0.756. The molecule has 1 heterocycles. The summed E-state index contributed by atoms with van der Waals surface area (Å²) in [5.41, 5.74) is -0.00720. The van der Waals surface area contributed by atoms with Crippen LogP contribution in [-0.4, -0.2) is 47.1 Å². The van der Waals surface area contributed by atoms with Gasteiger partial charge in [0.2, 0.25) is 11.6 Å². The van der Waals surface area contributed by atoms with Crippen LogP contribution in [0.25, 0.3) is 0 Å². The molecule has 0 aliphatic heterocycles. The van der Waals surface area contributed by atoms with Crippen LogP contribution in [0.1, 0.15) is 21.0 Å². The number of nitrogens with zero attached hydrogens (tertiary/aromatic N) is 3. The molecule has 1 aromatic carbocycles. The van der Waals surface area contributed by atoms with E-state index in [0.717, 1.165) is 23.4 Å². The maximum atomic E-state index is 12.1. The van der Waals surface area contributed by atoms with Crippen LogP contribution in [0.2, 0.25) is 0 Å². The van der Waals surface area contributed by atoms with Crippen LogP contribution >= 0.6 is 15.9 Å². The van der Waals surface area contributed by atoms with Crippen molar-refractivity contribution in [3.8, 4) is 0 Å². The highest BCUT2D eigenvalue weighted by Crippen LogP contribution is 2.14. The molecule has 9 nitrogen and oxygen atoms in total. The van der Waals surface area contributed by atoms with Crippen LogP contribution in [-0.2, 0) is 20.8 Å². The van der Waals surface area contributed by atoms with E-state index in [1.54, 1.807) is 24.3 Å². The van der Waals surface area contributed by atoms with Gasteiger partial charge in [-0.2, -0.15) is 0 Å². The second-order valence-corrected chi connectivity index (χ2v) is 5.40. The zero-order chi connectivity index (χ0) is 17.7. The van der Waals surface area contributed by atoms with Gasteiger partial charge in [0.1, 0.15) is 6.54 Å². The molecule has 0 saturated heterocycles. The highest BCUT2D eigenvalue weighted by atomic mass is 79.9. The minimum atomic E-state index is -0.852. The van der Waals surface area contributed by atoms with Crippen molar-refractivity contribution in [3.63, 3.8) is 0 Å². The Balaban J connectivity index is 2.20. The lowest BCUT2D eigenvalue weighted by Gasteiger charge is -2.07. The normalized spacial score (nSPS) is 10.1. The Hall–Kier alpha value is -2.75. The van der Waals surface area contributed by atoms with E-state index in [1.807, 2.05) is 0 Å². The van der Waals surface area contributed by atoms with Crippen LogP contribution < -0.4 is 5.32 Å². The number of rotatable bonds is 5. The molecule has 0 fully saturated rings. The molecule has 10 heteroatoms. The number of anilines is 1. The smallest absolute Gasteiger partial charge is 0.361 e. The first-order valence-corrected chi connectivity index (χ1v) is 7.41. The maximum Gasteiger partial charge on any atom is 0.361 e. The highest BCUT2D eigenvalue weighted by molar-refractivity contribution is 9.10. The Labute approximate surface area is 145 Å². The average Bonchev–Trinajstić information content (AvgIpc) is 2.98. The summed E-state index contributed by atoms with van der Waals surface area (Å²) < 4.78 is 11.0. The first-order chi connectivity index (χ1) is 11.5. The number of benzene rings is 1. The number of halogens is 1. The zero-order valence-corrected chi connectivity index (χ0v) is 14.4. The molecule has 24 heavy (non-hydrogen) atoms. The minimum Gasteiger partial charge on any atom is -0.464 e. The second-order valence-electron chi connectivity index (χ2n) is 4.48. The molecule has 0 unspecified atom stereocenters. The fourth-order valence-electron chi connectivity index (χ4n) is 1.83. The monoisotopic (exact) mass is 396 g/mol. The zero-order valence-electron chi connectivity index (χ0n) is 12.8. The van der Waals surface area contributed by atoms with Crippen molar-refractivity contribution in [1.29, 1.82) is 0 Å². The molecular weight excluding hydrogens is 384 g/mol. The van der Waals surface area contributed by atoms with Gasteiger partial charge in [-0.25, -0.2) is 14.3 Å². The number of esters is 2. The highest BCUT2D eigenvalue weighted by Gasteiger charge is 2.27. The van der Waals surface area contributed by atoms with Crippen LogP contribution in [0.3, 0.4) is 0 Å². The Kier molecular flexibility index (Phi) is 5.64. The Morgan fingerprint density at radius 1 is 1.12 bits per heavy atom. The van der Waals surface area contributed by atoms with Gasteiger partial charge in [0.15, 0.2) is 5.69 Å². The van der Waals surface area contributed by atoms with Crippen LogP contribution in [0, 0.1) is 0 Å². The molecule has 1 aromatic heterocycles. The first kappa shape index (κ1) is 17.6. The van der Waals surface area contributed by atoms with Gasteiger partial charge in [-0.3, -0.25) is 4.79 Å². The SMILES string of the molecule is COC(=O)c1nnn(CC(=O)Nc2ccc(Br)cc2)c1C(=O)OC. The third kappa shape index (κ3) is 3.96. The lowest BCUT2D eigenvalue weighted by Crippen LogP contribution is -2.23. The predicted molar refractivity (Wildman–Crippen MR) is 85.5 cm³/mol. The van der Waals surface area contributed by atoms with Crippen LogP contribution in [0.15, 0.2) is 28.7 Å². The van der Waals surface area contributed by atoms with Gasteiger partial charge in [0, 0.05) is 10.2 Å². The minimum absolute atomic E-state index is 0.254. The summed E-state index contributed by atoms with van der Waals surface area (Å²) >= 11 is 3.29. The number of methoxy groups -OCH3 is 2. The van der Waals surface area contributed by atoms with Crippen molar-refractivity contribution < 1.29 is 23.9 Å². The second kappa shape index (κ2) is 7.68. The Morgan fingerprint density at radius 3 is 2.33 bits per heavy atom. The third-order valence-electron chi connectivity index (χ3n) is 2.91. The van der Waals surface area contributed by atoms with E-state index in [0.29, 0.717) is 5.69 Å². The number of nitrogens with one attached hydrogen (secondary N) is 1. The van der Waals surface area contributed by atoms with E-state index in [4.69, 9.17) is 0 Å². The summed E-state index contributed by atoms with van der Waals surface area (Å²) in [5.74, 6) is -2.16. The van der Waals surface area contributed by atoms with E-state index in [2.05, 4.69) is 41.0 Å². The fraction of sp³-hybridized carbons (Fsp3) is 0.214. The van der Waals surface area contributed by atoms with E-state index < -0.39 is 17.8 Å². The van der Waals surface area contributed by atoms with Gasteiger partial charge in [0.25, 0.3) is 0 Å². The van der Waals surface area contributed by atoms with E-state index in [1.165, 1.54) is 0 Å². The van der Waals surface area contributed by atoms with Crippen molar-refractivity contribution in [1.82, 2.24) is 15.0 Å². The summed E-state index contributed by atoms with van der Waals surface area (Å²) in [6.07, 6.45) is 0. The van der Waals surface area contributed by atoms with E-state index >= 15 is 0 Å². The molecule has 0 aliphatic rings. The molecule has 0 radical (unpaired) electrons. The molecule has 2 rings (SSSR count). The molecule has 1 N–H and O–H groups in total. The maximum absolute atomic E-state index is 12.1. The molecule has 0 spiro atoms. The molecule has 0 atom stereocenters. The first-order valence-electron chi connectivity index (χ1n) is 6.61. The molecule has 0 saturated carbocycles. The lowest BCUT2D eigenvalue weighted by atomic mass is 10.3. The number of ether oxygens (including phenoxy) is 2. The topological polar surface area (TPSA) is 112 Å². The molecule has 2 aromatic rings. The van der Waals surface area contributed by atoms with Crippen LogP contribution in [0.5, 0.6) is 0 Å². The molecule has 126 valence electrons. The number of carbonyl (C=O) groups excluding carboxylic acids is 3. The number of hydrogen-bond donors (Lipinski definition) is 1. The molecule has 1 amide bonds. The summed E-state index contributed by atoms with van der Waals surface area (Å²) in [6, 6.07) is 6.93. The number of amides is 1. The van der Waals surface area contributed by atoms with Crippen LogP contribution in [0.4, 0.5) is 5.69 Å². The standard InChI is InChI=1S/C14H13BrN4O5/c1-23-13(21)11-12(14(22)24-2)19(18-17-11)7-10(20)16-9-5-3-8(15)4-6-9/h3-6H,7H2,1-2H3,(H,16,20). The van der Waals surface area contributed by atoms with Crippen molar-refractivity contribution in [2.45, 2.75) is 6.54 Å². The van der Waals surface area contributed by atoms with Crippen molar-refractivity contribution in [3.05, 3.63) is 40.1 Å². The van der Waals surface area contributed by atoms with Crippen molar-refractivity contribution in [2.24, 2.45) is 0 Å². The largest absolute Gasteiger partial charge is 0.464 e. The Bertz CT molecular complexity index is 772. The summed E-state index contributed by atoms with van der Waals surface area (Å²) in [6.45, 7) is -0.329. The Morgan fingerprint density at radius 2 is 1.75 bits per heavy atom. The number of carbonyl (C=O) groups is 3. The van der Waals surface area contributed by atoms with Gasteiger partial charge in [-0.05, 0) is 24.3 Å². The lowest BCUT2D eigenvalue weighted by molar-refractivity contribution is -0.116. The predicted octanol–water partition coefficient (Wildman–Crippen LogP) is 1.25. The van der Waals surface area contributed by atoms with Crippen molar-refractivity contribution >= 4 is 39.5 Å². The number of hydrogen-bond acceptors (Lipinski definition) is 7. The fourth-order valence-corrected chi connectivity index (χ4v) is 2.09. The number of aromatic nitrogens is 3. The van der Waals surface area contributed by atoms with Gasteiger partial charge < -0.3 is 14.8 Å². The van der Waals surface area contributed by atoms with Gasteiger partial charge in [-0.15, -0.1) is 5.10 Å². The van der Waals surface area contributed by atoms with Gasteiger partial charge in [0.05, 0.1) is 14.2 Å². The average molecular weight is 397 g/mol. The van der Waals surface area contributed by atoms with Crippen molar-refractivity contribution in [2.75, 3.05) is 19.5 Å². The summed E-state index contributed by atoms with van der Waals surface area (Å²) in [4.78, 5) is 35.6. The van der Waals surface area contributed by atoms with Gasteiger partial charge >= 0.3 is 11.9 Å². The summed E-state index contributed by atoms with van der Waals surface area (Å²) in [7, 11) is 2.28. The molecule has 0 bridgehead atoms. The van der Waals surface area contributed by atoms with E-state index in [-0.39, 0.29) is 17.9 Å². The molecular formula is C14H13BrN4O5. The third-order valence-corrected chi connectivity index (χ3v) is 3.44. The summed E-state index contributed by atoms with van der Waals surface area (Å²) in [5, 5.41) is 9.86.